The number of halogens is 3. The standard InChI is InChI=1S/C31H38F3N7O4S/c1-19-7-8-21(26(12-19)40(2)46(4)43)14-35-28-24(31(32,33)34)15-36-30(39-28)38-25-10-9-20(13-27(25)44-3)29(42)37-22-6-5-11-41(16-22)23-17-45-18-23/h7-10,12-13,15,22-23H,5-6,11,14,16-18H2,1-4H3,(H,37,42)(H2,35,36,38,39)/t22-,46?/m1/s1. The van der Waals surface area contributed by atoms with Crippen LogP contribution in [0, 0.1) is 6.92 Å². The predicted octanol–water partition coefficient (Wildman–Crippen LogP) is 4.49. The number of benzene rings is 2. The Hall–Kier alpha value is -3.95. The van der Waals surface area contributed by atoms with Crippen molar-refractivity contribution < 1.29 is 31.6 Å². The minimum atomic E-state index is -4.72. The lowest BCUT2D eigenvalue weighted by atomic mass is 10.0. The van der Waals surface area contributed by atoms with E-state index in [4.69, 9.17) is 9.47 Å². The maximum absolute atomic E-state index is 13.9. The van der Waals surface area contributed by atoms with E-state index in [0.29, 0.717) is 40.5 Å². The largest absolute Gasteiger partial charge is 0.495 e. The number of amides is 1. The van der Waals surface area contributed by atoms with Gasteiger partial charge in [-0.3, -0.25) is 14.0 Å². The zero-order chi connectivity index (χ0) is 33.0. The maximum Gasteiger partial charge on any atom is 0.421 e. The van der Waals surface area contributed by atoms with Crippen LogP contribution < -0.4 is 25.0 Å². The Morgan fingerprint density at radius 1 is 1.22 bits per heavy atom. The van der Waals surface area contributed by atoms with Crippen LogP contribution in [0.1, 0.15) is 39.9 Å². The third-order valence-corrected chi connectivity index (χ3v) is 9.11. The molecule has 2 aliphatic rings. The number of aryl methyl sites for hydroxylation is 1. The first-order valence-corrected chi connectivity index (χ1v) is 16.4. The van der Waals surface area contributed by atoms with Crippen molar-refractivity contribution in [3.63, 3.8) is 0 Å². The van der Waals surface area contributed by atoms with E-state index in [2.05, 4.69) is 30.8 Å². The molecule has 248 valence electrons. The van der Waals surface area contributed by atoms with Crippen molar-refractivity contribution >= 4 is 40.0 Å². The first-order valence-electron chi connectivity index (χ1n) is 14.9. The summed E-state index contributed by atoms with van der Waals surface area (Å²) in [6, 6.07) is 10.6. The number of methoxy groups -OCH3 is 1. The summed E-state index contributed by atoms with van der Waals surface area (Å²) in [5.41, 5.74) is 1.89. The Bertz CT molecular complexity index is 1590. The number of aromatic nitrogens is 2. The molecule has 46 heavy (non-hydrogen) atoms. The normalized spacial score (nSPS) is 17.9. The smallest absolute Gasteiger partial charge is 0.421 e. The summed E-state index contributed by atoms with van der Waals surface area (Å²) < 4.78 is 66.3. The van der Waals surface area contributed by atoms with Gasteiger partial charge in [0.2, 0.25) is 5.95 Å². The third kappa shape index (κ3) is 7.88. The number of nitrogens with one attached hydrogen (secondary N) is 3. The number of carbonyl (C=O) groups is 1. The van der Waals surface area contributed by atoms with Gasteiger partial charge in [-0.2, -0.15) is 18.2 Å². The molecule has 2 fully saturated rings. The average molecular weight is 662 g/mol. The van der Waals surface area contributed by atoms with Crippen LogP contribution in [0.25, 0.3) is 0 Å². The van der Waals surface area contributed by atoms with Crippen LogP contribution >= 0.6 is 0 Å². The molecule has 3 heterocycles. The fourth-order valence-electron chi connectivity index (χ4n) is 5.43. The number of carbonyl (C=O) groups excluding carboxylic acids is 1. The summed E-state index contributed by atoms with van der Waals surface area (Å²) >= 11 is 0. The van der Waals surface area contributed by atoms with Gasteiger partial charge in [0.25, 0.3) is 5.91 Å². The van der Waals surface area contributed by atoms with E-state index in [1.165, 1.54) is 13.4 Å². The van der Waals surface area contributed by atoms with Crippen LogP contribution in [-0.4, -0.2) is 83.8 Å². The second-order valence-corrected chi connectivity index (χ2v) is 12.8. The summed E-state index contributed by atoms with van der Waals surface area (Å²) in [5, 5.41) is 8.82. The molecule has 1 aromatic heterocycles. The third-order valence-electron chi connectivity index (χ3n) is 8.14. The Balaban J connectivity index is 1.32. The molecule has 3 N–H and O–H groups in total. The molecule has 0 radical (unpaired) electrons. The molecule has 1 amide bonds. The van der Waals surface area contributed by atoms with Gasteiger partial charge in [-0.25, -0.2) is 9.19 Å². The van der Waals surface area contributed by atoms with E-state index in [1.807, 2.05) is 19.1 Å². The van der Waals surface area contributed by atoms with Gasteiger partial charge in [0.15, 0.2) is 0 Å². The van der Waals surface area contributed by atoms with E-state index in [9.17, 15) is 22.2 Å². The lowest BCUT2D eigenvalue weighted by molar-refractivity contribution is -0.137. The van der Waals surface area contributed by atoms with E-state index in [0.717, 1.165) is 44.7 Å². The highest BCUT2D eigenvalue weighted by molar-refractivity contribution is 7.85. The minimum Gasteiger partial charge on any atom is -0.495 e. The second kappa shape index (κ2) is 14.2. The van der Waals surface area contributed by atoms with Crippen LogP contribution in [0.15, 0.2) is 42.6 Å². The van der Waals surface area contributed by atoms with Crippen LogP contribution in [-0.2, 0) is 28.4 Å². The fourth-order valence-corrected chi connectivity index (χ4v) is 5.88. The average Bonchev–Trinajstić information content (AvgIpc) is 2.99. The number of rotatable bonds is 11. The molecule has 2 aromatic carbocycles. The zero-order valence-corrected chi connectivity index (χ0v) is 26.9. The van der Waals surface area contributed by atoms with Crippen LogP contribution in [0.2, 0.25) is 0 Å². The number of piperidine rings is 1. The molecule has 11 nitrogen and oxygen atoms in total. The molecule has 2 atom stereocenters. The van der Waals surface area contributed by atoms with Crippen LogP contribution in [0.4, 0.5) is 36.3 Å². The van der Waals surface area contributed by atoms with Gasteiger partial charge in [0.05, 0.1) is 37.7 Å². The Morgan fingerprint density at radius 2 is 2.00 bits per heavy atom. The molecule has 2 saturated heterocycles. The predicted molar refractivity (Wildman–Crippen MR) is 171 cm³/mol. The summed E-state index contributed by atoms with van der Waals surface area (Å²) in [7, 11) is 1.75. The van der Waals surface area contributed by atoms with Crippen molar-refractivity contribution in [1.82, 2.24) is 20.2 Å². The molecule has 1 unspecified atom stereocenters. The number of hydrogen-bond donors (Lipinski definition) is 3. The molecular weight excluding hydrogens is 623 g/mol. The quantitative estimate of drug-likeness (QED) is 0.273. The first-order chi connectivity index (χ1) is 21.9. The molecule has 3 aromatic rings. The highest BCUT2D eigenvalue weighted by Gasteiger charge is 2.35. The van der Waals surface area contributed by atoms with Crippen LogP contribution in [0.5, 0.6) is 5.75 Å². The first kappa shape index (κ1) is 33.4. The summed E-state index contributed by atoms with van der Waals surface area (Å²) in [6.45, 7) is 5.05. The molecule has 5 rings (SSSR count). The van der Waals surface area contributed by atoms with Crippen molar-refractivity contribution in [2.24, 2.45) is 0 Å². The summed E-state index contributed by atoms with van der Waals surface area (Å²) in [5.74, 6) is -0.486. The molecular formula is C31H38F3N7O4S. The monoisotopic (exact) mass is 661 g/mol. The highest BCUT2D eigenvalue weighted by atomic mass is 32.2. The number of hydrogen-bond acceptors (Lipinski definition) is 9. The molecule has 2 aliphatic heterocycles. The van der Waals surface area contributed by atoms with Gasteiger partial charge in [-0.05, 0) is 61.7 Å². The van der Waals surface area contributed by atoms with Gasteiger partial charge in [-0.15, -0.1) is 0 Å². The maximum atomic E-state index is 13.9. The molecule has 0 bridgehead atoms. The number of likely N-dealkylation sites (tertiary alicyclic amines) is 1. The highest BCUT2D eigenvalue weighted by Crippen LogP contribution is 2.36. The number of ether oxygens (including phenoxy) is 2. The number of alkyl halides is 3. The van der Waals surface area contributed by atoms with Crippen molar-refractivity contribution in [2.75, 3.05) is 61.7 Å². The number of nitrogens with zero attached hydrogens (tertiary/aromatic N) is 4. The van der Waals surface area contributed by atoms with E-state index in [-0.39, 0.29) is 24.4 Å². The van der Waals surface area contributed by atoms with E-state index < -0.39 is 28.5 Å². The topological polar surface area (TPSA) is 121 Å². The molecule has 15 heteroatoms. The minimum absolute atomic E-state index is 0.0117. The second-order valence-electron chi connectivity index (χ2n) is 11.4. The Kier molecular flexibility index (Phi) is 10.3. The lowest BCUT2D eigenvalue weighted by Gasteiger charge is -2.42. The Morgan fingerprint density at radius 3 is 2.67 bits per heavy atom. The summed E-state index contributed by atoms with van der Waals surface area (Å²) in [6.07, 6.45) is -0.618. The zero-order valence-electron chi connectivity index (χ0n) is 26.1. The molecule has 0 spiro atoms. The van der Waals surface area contributed by atoms with Gasteiger partial charge < -0.3 is 25.4 Å². The van der Waals surface area contributed by atoms with Crippen LogP contribution in [0.3, 0.4) is 0 Å². The SMILES string of the molecule is COc1cc(C(=O)N[C@@H]2CCCN(C3COC3)C2)ccc1Nc1ncc(C(F)(F)F)c(NCc2ccc(C)cc2N(C)S(C)=O)n1. The van der Waals surface area contributed by atoms with Gasteiger partial charge in [0.1, 0.15) is 28.1 Å². The summed E-state index contributed by atoms with van der Waals surface area (Å²) in [4.78, 5) is 23.5. The van der Waals surface area contributed by atoms with Gasteiger partial charge in [0, 0.05) is 44.2 Å². The van der Waals surface area contributed by atoms with Gasteiger partial charge >= 0.3 is 6.18 Å². The van der Waals surface area contributed by atoms with Crippen molar-refractivity contribution in [3.05, 3.63) is 64.8 Å². The number of anilines is 4. The van der Waals surface area contributed by atoms with Crippen molar-refractivity contribution in [2.45, 2.75) is 44.6 Å². The molecule has 0 aliphatic carbocycles. The molecule has 0 saturated carbocycles. The van der Waals surface area contributed by atoms with E-state index in [1.54, 1.807) is 35.6 Å². The van der Waals surface area contributed by atoms with E-state index >= 15 is 0 Å². The lowest BCUT2D eigenvalue weighted by Crippen LogP contribution is -2.56. The van der Waals surface area contributed by atoms with Gasteiger partial charge in [-0.1, -0.05) is 12.1 Å². The van der Waals surface area contributed by atoms with Crippen molar-refractivity contribution in [1.29, 1.82) is 0 Å². The Labute approximate surface area is 268 Å². The van der Waals surface area contributed by atoms with Crippen molar-refractivity contribution in [3.8, 4) is 5.75 Å². The fraction of sp³-hybridized carbons (Fsp3) is 0.452.